The fourth-order valence-corrected chi connectivity index (χ4v) is 1.69. The maximum atomic E-state index is 5.12. The molecule has 0 saturated heterocycles. The average molecular weight is 214 g/mol. The molecule has 0 aromatic heterocycles. The minimum Gasteiger partial charge on any atom is -0.383 e. The van der Waals surface area contributed by atoms with Crippen molar-refractivity contribution in [3.8, 4) is 0 Å². The molecule has 0 aliphatic heterocycles. The van der Waals surface area contributed by atoms with Crippen molar-refractivity contribution in [2.45, 2.75) is 19.9 Å². The maximum Gasteiger partial charge on any atom is 0.0589 e. The summed E-state index contributed by atoms with van der Waals surface area (Å²) in [6, 6.07) is 0.547. The Bertz CT molecular complexity index is 162. The topological polar surface area (TPSA) is 24.5 Å². The lowest BCUT2D eigenvalue weighted by molar-refractivity contribution is 0.114. The van der Waals surface area contributed by atoms with E-state index in [9.17, 15) is 0 Å². The van der Waals surface area contributed by atoms with E-state index in [-0.39, 0.29) is 0 Å². The Morgan fingerprint density at radius 3 is 2.60 bits per heavy atom. The number of hydrogen-bond donors (Lipinski definition) is 1. The zero-order valence-electron chi connectivity index (χ0n) is 10.6. The lowest BCUT2D eigenvalue weighted by Gasteiger charge is -2.32. The van der Waals surface area contributed by atoms with E-state index in [0.29, 0.717) is 12.0 Å². The van der Waals surface area contributed by atoms with E-state index in [0.717, 1.165) is 26.2 Å². The molecule has 0 aromatic rings. The Labute approximate surface area is 94.5 Å². The molecule has 0 aliphatic carbocycles. The van der Waals surface area contributed by atoms with Gasteiger partial charge in [-0.05, 0) is 26.4 Å². The molecule has 1 N–H and O–H groups in total. The molecule has 0 spiro atoms. The lowest BCUT2D eigenvalue weighted by atomic mass is 10.0. The number of rotatable bonds is 9. The molecule has 2 atom stereocenters. The van der Waals surface area contributed by atoms with Gasteiger partial charge in [0.05, 0.1) is 6.61 Å². The van der Waals surface area contributed by atoms with Gasteiger partial charge in [-0.15, -0.1) is 6.58 Å². The minimum atomic E-state index is 0.547. The van der Waals surface area contributed by atoms with E-state index in [1.807, 2.05) is 13.1 Å². The first kappa shape index (κ1) is 14.6. The van der Waals surface area contributed by atoms with Crippen LogP contribution in [0.15, 0.2) is 12.7 Å². The molecule has 0 amide bonds. The Kier molecular flexibility index (Phi) is 8.67. The molecule has 0 heterocycles. The molecular formula is C12H26N2O. The van der Waals surface area contributed by atoms with Crippen molar-refractivity contribution in [2.24, 2.45) is 5.92 Å². The van der Waals surface area contributed by atoms with E-state index in [2.05, 4.69) is 30.6 Å². The molecule has 3 nitrogen and oxygen atoms in total. The molecule has 15 heavy (non-hydrogen) atoms. The Morgan fingerprint density at radius 2 is 2.13 bits per heavy atom. The quantitative estimate of drug-likeness (QED) is 0.587. The Morgan fingerprint density at radius 1 is 1.47 bits per heavy atom. The van der Waals surface area contributed by atoms with Crippen molar-refractivity contribution in [3.05, 3.63) is 12.7 Å². The molecule has 0 radical (unpaired) electrons. The van der Waals surface area contributed by atoms with Gasteiger partial charge < -0.3 is 10.1 Å². The van der Waals surface area contributed by atoms with Crippen molar-refractivity contribution in [1.82, 2.24) is 10.2 Å². The van der Waals surface area contributed by atoms with Gasteiger partial charge in [0.15, 0.2) is 0 Å². The van der Waals surface area contributed by atoms with Gasteiger partial charge in [0, 0.05) is 26.2 Å². The van der Waals surface area contributed by atoms with Gasteiger partial charge in [-0.1, -0.05) is 13.0 Å². The first-order valence-electron chi connectivity index (χ1n) is 5.65. The average Bonchev–Trinajstić information content (AvgIpc) is 2.23. The summed E-state index contributed by atoms with van der Waals surface area (Å²) in [6.45, 7) is 12.1. The normalized spacial score (nSPS) is 15.3. The van der Waals surface area contributed by atoms with Crippen LogP contribution in [0.1, 0.15) is 13.8 Å². The van der Waals surface area contributed by atoms with Crippen molar-refractivity contribution in [1.29, 1.82) is 0 Å². The smallest absolute Gasteiger partial charge is 0.0589 e. The van der Waals surface area contributed by atoms with Gasteiger partial charge in [-0.3, -0.25) is 4.90 Å². The first-order chi connectivity index (χ1) is 7.17. The molecule has 3 heteroatoms. The molecule has 0 fully saturated rings. The zero-order chi connectivity index (χ0) is 11.7. The van der Waals surface area contributed by atoms with E-state index in [4.69, 9.17) is 4.74 Å². The van der Waals surface area contributed by atoms with Crippen LogP contribution in [-0.2, 0) is 4.74 Å². The van der Waals surface area contributed by atoms with E-state index in [1.165, 1.54) is 0 Å². The summed E-state index contributed by atoms with van der Waals surface area (Å²) >= 11 is 0. The molecule has 0 aliphatic rings. The van der Waals surface area contributed by atoms with Crippen LogP contribution in [0.25, 0.3) is 0 Å². The highest BCUT2D eigenvalue weighted by Gasteiger charge is 2.18. The zero-order valence-corrected chi connectivity index (χ0v) is 10.6. The summed E-state index contributed by atoms with van der Waals surface area (Å²) in [5.74, 6) is 0.631. The Balaban J connectivity index is 4.12. The molecule has 0 saturated carbocycles. The van der Waals surface area contributed by atoms with Gasteiger partial charge in [0.25, 0.3) is 0 Å². The van der Waals surface area contributed by atoms with E-state index < -0.39 is 0 Å². The third-order valence-electron chi connectivity index (χ3n) is 2.87. The highest BCUT2D eigenvalue weighted by atomic mass is 16.5. The van der Waals surface area contributed by atoms with E-state index in [1.54, 1.807) is 7.11 Å². The first-order valence-corrected chi connectivity index (χ1v) is 5.65. The van der Waals surface area contributed by atoms with Crippen LogP contribution < -0.4 is 5.32 Å². The summed E-state index contributed by atoms with van der Waals surface area (Å²) in [5.41, 5.74) is 0. The second-order valence-electron chi connectivity index (χ2n) is 4.05. The van der Waals surface area contributed by atoms with Crippen LogP contribution in [0, 0.1) is 5.92 Å². The summed E-state index contributed by atoms with van der Waals surface area (Å²) < 4.78 is 5.12. The van der Waals surface area contributed by atoms with Crippen molar-refractivity contribution in [3.63, 3.8) is 0 Å². The number of nitrogens with zero attached hydrogens (tertiary/aromatic N) is 1. The summed E-state index contributed by atoms with van der Waals surface area (Å²) in [6.07, 6.45) is 1.96. The molecule has 0 aromatic carbocycles. The van der Waals surface area contributed by atoms with Crippen LogP contribution in [0.4, 0.5) is 0 Å². The fraction of sp³-hybridized carbons (Fsp3) is 0.833. The van der Waals surface area contributed by atoms with Gasteiger partial charge in [0.2, 0.25) is 0 Å². The molecule has 2 unspecified atom stereocenters. The molecular weight excluding hydrogens is 188 g/mol. The number of hydrogen-bond acceptors (Lipinski definition) is 3. The molecule has 0 bridgehead atoms. The van der Waals surface area contributed by atoms with Gasteiger partial charge in [0.1, 0.15) is 0 Å². The van der Waals surface area contributed by atoms with Crippen molar-refractivity contribution < 1.29 is 4.74 Å². The van der Waals surface area contributed by atoms with Crippen LogP contribution in [-0.4, -0.2) is 51.3 Å². The highest BCUT2D eigenvalue weighted by molar-refractivity contribution is 4.80. The largest absolute Gasteiger partial charge is 0.383 e. The van der Waals surface area contributed by atoms with E-state index >= 15 is 0 Å². The van der Waals surface area contributed by atoms with Gasteiger partial charge in [-0.25, -0.2) is 0 Å². The second kappa shape index (κ2) is 8.89. The van der Waals surface area contributed by atoms with Crippen LogP contribution >= 0.6 is 0 Å². The monoisotopic (exact) mass is 214 g/mol. The van der Waals surface area contributed by atoms with Crippen LogP contribution in [0.5, 0.6) is 0 Å². The van der Waals surface area contributed by atoms with Gasteiger partial charge >= 0.3 is 0 Å². The third-order valence-corrected chi connectivity index (χ3v) is 2.87. The number of ether oxygens (including phenoxy) is 1. The fourth-order valence-electron chi connectivity index (χ4n) is 1.69. The number of methoxy groups -OCH3 is 1. The summed E-state index contributed by atoms with van der Waals surface area (Å²) in [7, 11) is 3.74. The standard InChI is InChI=1S/C12H26N2O/c1-6-7-14(8-9-15-5)12(3)11(2)10-13-4/h6,11-13H,1,7-10H2,2-5H3. The third kappa shape index (κ3) is 5.92. The predicted molar refractivity (Wildman–Crippen MR) is 66.2 cm³/mol. The van der Waals surface area contributed by atoms with Crippen LogP contribution in [0.2, 0.25) is 0 Å². The van der Waals surface area contributed by atoms with Gasteiger partial charge in [-0.2, -0.15) is 0 Å². The molecule has 0 rings (SSSR count). The second-order valence-corrected chi connectivity index (χ2v) is 4.05. The summed E-state index contributed by atoms with van der Waals surface area (Å²) in [5, 5.41) is 3.22. The SMILES string of the molecule is C=CCN(CCOC)C(C)C(C)CNC. The minimum absolute atomic E-state index is 0.547. The van der Waals surface area contributed by atoms with Crippen molar-refractivity contribution >= 4 is 0 Å². The van der Waals surface area contributed by atoms with Crippen LogP contribution in [0.3, 0.4) is 0 Å². The lowest BCUT2D eigenvalue weighted by Crippen LogP contribution is -2.42. The molecule has 90 valence electrons. The number of nitrogens with one attached hydrogen (secondary N) is 1. The highest BCUT2D eigenvalue weighted by Crippen LogP contribution is 2.09. The Hall–Kier alpha value is -0.380. The van der Waals surface area contributed by atoms with Crippen molar-refractivity contribution in [2.75, 3.05) is 40.4 Å². The maximum absolute atomic E-state index is 5.12. The summed E-state index contributed by atoms with van der Waals surface area (Å²) in [4.78, 5) is 2.40. The predicted octanol–water partition coefficient (Wildman–Crippen LogP) is 1.36.